The predicted octanol–water partition coefficient (Wildman–Crippen LogP) is 7.36. The molecule has 0 aliphatic rings. The fourth-order valence-electron chi connectivity index (χ4n) is 4.72. The molecule has 2 aromatic carbocycles. The molecule has 37 heavy (non-hydrogen) atoms. The summed E-state index contributed by atoms with van der Waals surface area (Å²) in [4.78, 5) is 11.8. The van der Waals surface area contributed by atoms with Crippen molar-refractivity contribution in [1.82, 2.24) is 0 Å². The number of hydrogen-bond donors (Lipinski definition) is 0. The normalized spacial score (nSPS) is 14.3. The van der Waals surface area contributed by atoms with Crippen LogP contribution in [0, 0.1) is 5.41 Å². The van der Waals surface area contributed by atoms with Gasteiger partial charge in [0.25, 0.3) is 8.32 Å². The number of carbonyl (C=O) groups excluding carboxylic acids is 1. The van der Waals surface area contributed by atoms with E-state index in [4.69, 9.17) is 9.16 Å². The van der Waals surface area contributed by atoms with E-state index >= 15 is 0 Å². The van der Waals surface area contributed by atoms with E-state index in [0.29, 0.717) is 6.42 Å². The lowest BCUT2D eigenvalue weighted by atomic mass is 9.82. The zero-order valence-electron chi connectivity index (χ0n) is 24.5. The molecular weight excluding hydrogens is 489 g/mol. The average molecular weight is 537 g/mol. The maximum atomic E-state index is 11.8. The van der Waals surface area contributed by atoms with Crippen LogP contribution in [0.5, 0.6) is 0 Å². The van der Waals surface area contributed by atoms with Gasteiger partial charge in [-0.1, -0.05) is 139 Å². The summed E-state index contributed by atoms with van der Waals surface area (Å²) in [6.45, 7) is 18.7. The molecule has 0 aliphatic carbocycles. The third kappa shape index (κ3) is 8.66. The molecule has 202 valence electrons. The summed E-state index contributed by atoms with van der Waals surface area (Å²) in [5, 5.41) is 2.43. The highest BCUT2D eigenvalue weighted by molar-refractivity contribution is 6.99. The Hall–Kier alpha value is -2.22. The number of ether oxygens (including phenoxy) is 1. The quantitative estimate of drug-likeness (QED) is 0.123. The lowest BCUT2D eigenvalue weighted by Crippen LogP contribution is -2.68. The van der Waals surface area contributed by atoms with Crippen molar-refractivity contribution >= 4 is 32.7 Å². The molecule has 0 aromatic heterocycles. The van der Waals surface area contributed by atoms with Gasteiger partial charge in [0.2, 0.25) is 0 Å². The van der Waals surface area contributed by atoms with Gasteiger partial charge in [-0.25, -0.2) is 4.79 Å². The topological polar surface area (TPSA) is 35.5 Å². The van der Waals surface area contributed by atoms with E-state index in [9.17, 15) is 4.79 Å². The molecule has 0 N–H and O–H groups in total. The Morgan fingerprint density at radius 1 is 0.865 bits per heavy atom. The van der Waals surface area contributed by atoms with E-state index in [2.05, 4.69) is 127 Å². The Bertz CT molecular complexity index is 990. The first-order chi connectivity index (χ1) is 17.2. The summed E-state index contributed by atoms with van der Waals surface area (Å²) in [6.07, 6.45) is 9.69. The van der Waals surface area contributed by atoms with Crippen LogP contribution in [-0.2, 0) is 14.0 Å². The number of esters is 1. The Morgan fingerprint density at radius 2 is 1.38 bits per heavy atom. The third-order valence-electron chi connectivity index (χ3n) is 6.96. The molecule has 0 heterocycles. The van der Waals surface area contributed by atoms with Crippen molar-refractivity contribution in [1.29, 1.82) is 0 Å². The molecule has 0 unspecified atom stereocenters. The molecule has 0 bridgehead atoms. The van der Waals surface area contributed by atoms with Gasteiger partial charge in [-0.15, -0.1) is 0 Å². The molecule has 0 fully saturated rings. The minimum Gasteiger partial charge on any atom is -0.466 e. The fraction of sp³-hybridized carbons (Fsp3) is 0.469. The minimum absolute atomic E-state index is 0.113. The first-order valence-corrected chi connectivity index (χ1v) is 19.0. The van der Waals surface area contributed by atoms with E-state index in [1.165, 1.54) is 29.6 Å². The van der Waals surface area contributed by atoms with Crippen molar-refractivity contribution in [2.75, 3.05) is 7.11 Å². The highest BCUT2D eigenvalue weighted by atomic mass is 28.4. The van der Waals surface area contributed by atoms with E-state index < -0.39 is 16.4 Å². The zero-order valence-corrected chi connectivity index (χ0v) is 26.5. The lowest BCUT2D eigenvalue weighted by Gasteiger charge is -2.47. The molecule has 5 heteroatoms. The summed E-state index contributed by atoms with van der Waals surface area (Å²) in [7, 11) is -2.48. The number of carbonyl (C=O) groups is 1. The second-order valence-electron chi connectivity index (χ2n) is 12.8. The van der Waals surface area contributed by atoms with Gasteiger partial charge >= 0.3 is 5.97 Å². The van der Waals surface area contributed by atoms with Crippen molar-refractivity contribution < 1.29 is 14.0 Å². The van der Waals surface area contributed by atoms with Crippen LogP contribution in [0.2, 0.25) is 30.7 Å². The highest BCUT2D eigenvalue weighted by Crippen LogP contribution is 2.41. The average Bonchev–Trinajstić information content (AvgIpc) is 2.83. The number of benzene rings is 2. The second-order valence-corrected chi connectivity index (χ2v) is 22.7. The van der Waals surface area contributed by atoms with Gasteiger partial charge < -0.3 is 9.16 Å². The van der Waals surface area contributed by atoms with Gasteiger partial charge in [0.15, 0.2) is 0 Å². The molecule has 2 rings (SSSR count). The molecule has 0 radical (unpaired) electrons. The van der Waals surface area contributed by atoms with Crippen molar-refractivity contribution in [3.8, 4) is 0 Å². The van der Waals surface area contributed by atoms with E-state index in [1.807, 2.05) is 6.08 Å². The van der Waals surface area contributed by atoms with Crippen LogP contribution >= 0.6 is 0 Å². The number of hydrogen-bond acceptors (Lipinski definition) is 3. The molecule has 0 saturated heterocycles. The second kappa shape index (κ2) is 13.0. The summed E-state index contributed by atoms with van der Waals surface area (Å²) in [5.74, 6) is -0.328. The van der Waals surface area contributed by atoms with Crippen LogP contribution < -0.4 is 10.4 Å². The molecule has 2 aromatic rings. The first-order valence-electron chi connectivity index (χ1n) is 13.4. The molecule has 1 atom stereocenters. The van der Waals surface area contributed by atoms with Gasteiger partial charge in [-0.3, -0.25) is 0 Å². The number of rotatable bonds is 12. The summed E-state index contributed by atoms with van der Waals surface area (Å²) >= 11 is 0. The molecule has 0 aliphatic heterocycles. The van der Waals surface area contributed by atoms with Crippen LogP contribution in [0.4, 0.5) is 0 Å². The van der Waals surface area contributed by atoms with Crippen LogP contribution in [-0.4, -0.2) is 35.6 Å². The van der Waals surface area contributed by atoms with Crippen molar-refractivity contribution in [2.45, 2.75) is 84.3 Å². The largest absolute Gasteiger partial charge is 0.466 e. The van der Waals surface area contributed by atoms with E-state index in [-0.39, 0.29) is 22.5 Å². The summed E-state index contributed by atoms with van der Waals surface area (Å²) in [5.41, 5.74) is -0.243. The van der Waals surface area contributed by atoms with Crippen molar-refractivity contribution in [2.24, 2.45) is 5.41 Å². The first kappa shape index (κ1) is 31.0. The summed E-state index contributed by atoms with van der Waals surface area (Å²) < 4.78 is 12.4. The maximum Gasteiger partial charge on any atom is 0.330 e. The molecule has 0 amide bonds. The van der Waals surface area contributed by atoms with Crippen LogP contribution in [0.3, 0.4) is 0 Å². The SMILES string of the molecule is COC(=O)/C=C/CC(C)(C)[C@@H](/C=C\CC[Si](C)(C)C)O[Si](c1ccccc1)(c1ccccc1)C(C)(C)C. The number of allylic oxidation sites excluding steroid dienone is 2. The lowest BCUT2D eigenvalue weighted by molar-refractivity contribution is -0.134. The van der Waals surface area contributed by atoms with Crippen molar-refractivity contribution in [3.05, 3.63) is 85.0 Å². The molecule has 0 saturated carbocycles. The summed E-state index contributed by atoms with van der Waals surface area (Å²) in [6, 6.07) is 22.8. The van der Waals surface area contributed by atoms with Crippen LogP contribution in [0.1, 0.15) is 47.5 Å². The Kier molecular flexibility index (Phi) is 10.9. The van der Waals surface area contributed by atoms with E-state index in [0.717, 1.165) is 6.42 Å². The van der Waals surface area contributed by atoms with Gasteiger partial charge in [-0.2, -0.15) is 0 Å². The van der Waals surface area contributed by atoms with E-state index in [1.54, 1.807) is 0 Å². The van der Waals surface area contributed by atoms with Gasteiger partial charge in [0.05, 0.1) is 13.2 Å². The van der Waals surface area contributed by atoms with Crippen LogP contribution in [0.25, 0.3) is 0 Å². The van der Waals surface area contributed by atoms with Gasteiger partial charge in [-0.05, 0) is 33.7 Å². The molecular formula is C32H48O3Si2. The van der Waals surface area contributed by atoms with Crippen molar-refractivity contribution in [3.63, 3.8) is 0 Å². The minimum atomic E-state index is -2.75. The zero-order chi connectivity index (χ0) is 27.7. The van der Waals surface area contributed by atoms with Gasteiger partial charge in [0.1, 0.15) is 0 Å². The Balaban J connectivity index is 2.63. The Labute approximate surface area is 228 Å². The number of methoxy groups -OCH3 is 1. The molecule has 0 spiro atoms. The fourth-order valence-corrected chi connectivity index (χ4v) is 10.5. The van der Waals surface area contributed by atoms with Crippen LogP contribution in [0.15, 0.2) is 85.0 Å². The van der Waals surface area contributed by atoms with Gasteiger partial charge in [0, 0.05) is 14.1 Å². The third-order valence-corrected chi connectivity index (χ3v) is 13.8. The molecule has 3 nitrogen and oxygen atoms in total. The highest BCUT2D eigenvalue weighted by Gasteiger charge is 2.52. The standard InChI is InChI=1S/C32H48O3Si2/c1-31(2,3)37(27-19-12-10-13-20-27,28-21-14-11-15-22-28)35-29(23-16-17-26-36(7,8)9)32(4,5)25-18-24-30(33)34-6/h10-16,18-24,29H,17,25-26H2,1-9H3/b23-16-,24-18+/t29-/m1/s1. The smallest absolute Gasteiger partial charge is 0.330 e. The Morgan fingerprint density at radius 3 is 1.81 bits per heavy atom. The maximum absolute atomic E-state index is 11.8. The predicted molar refractivity (Wildman–Crippen MR) is 164 cm³/mol. The monoisotopic (exact) mass is 536 g/mol.